The van der Waals surface area contributed by atoms with Crippen LogP contribution in [0.2, 0.25) is 0 Å². The van der Waals surface area contributed by atoms with Gasteiger partial charge in [-0.2, -0.15) is 0 Å². The zero-order chi connectivity index (χ0) is 18.1. The first-order valence-electron chi connectivity index (χ1n) is 9.25. The summed E-state index contributed by atoms with van der Waals surface area (Å²) >= 11 is 0. The number of carbonyl (C=O) groups excluding carboxylic acids is 1. The minimum atomic E-state index is -0.465. The fraction of sp³-hybridized carbons (Fsp3) is 0.850. The SMILES string of the molecule is C=CCOC(=O)CCCCCC.CCC(C)CCCC(C)(C)O. The lowest BCUT2D eigenvalue weighted by molar-refractivity contribution is -0.142. The van der Waals surface area contributed by atoms with Crippen LogP contribution < -0.4 is 0 Å². The van der Waals surface area contributed by atoms with Gasteiger partial charge in [0.1, 0.15) is 6.61 Å². The summed E-state index contributed by atoms with van der Waals surface area (Å²) in [5, 5.41) is 9.40. The maximum atomic E-state index is 10.9. The second-order valence-corrected chi connectivity index (χ2v) is 7.00. The van der Waals surface area contributed by atoms with Crippen LogP contribution in [0, 0.1) is 5.92 Å². The predicted molar refractivity (Wildman–Crippen MR) is 99.5 cm³/mol. The van der Waals surface area contributed by atoms with Gasteiger partial charge in [0.2, 0.25) is 0 Å². The Kier molecular flexibility index (Phi) is 17.0. The molecule has 23 heavy (non-hydrogen) atoms. The van der Waals surface area contributed by atoms with Gasteiger partial charge in [0.05, 0.1) is 5.60 Å². The highest BCUT2D eigenvalue weighted by Gasteiger charge is 2.11. The van der Waals surface area contributed by atoms with Crippen molar-refractivity contribution in [3.05, 3.63) is 12.7 Å². The fourth-order valence-electron chi connectivity index (χ4n) is 2.01. The Hall–Kier alpha value is -0.830. The molecule has 0 aromatic rings. The molecule has 1 N–H and O–H groups in total. The minimum Gasteiger partial charge on any atom is -0.461 e. The maximum absolute atomic E-state index is 10.9. The standard InChI is InChI=1S/C10H18O2.C10H22O/c1-3-5-6-7-8-10(11)12-9-4-2;1-5-9(2)7-6-8-10(3,4)11/h4H,2-3,5-9H2,1H3;9,11H,5-8H2,1-4H3. The van der Waals surface area contributed by atoms with Crippen LogP contribution in [-0.2, 0) is 9.53 Å². The van der Waals surface area contributed by atoms with Crippen molar-refractivity contribution in [3.8, 4) is 0 Å². The maximum Gasteiger partial charge on any atom is 0.306 e. The predicted octanol–water partition coefficient (Wildman–Crippen LogP) is 5.66. The summed E-state index contributed by atoms with van der Waals surface area (Å²) in [6.07, 6.45) is 11.2. The van der Waals surface area contributed by atoms with E-state index in [4.69, 9.17) is 4.74 Å². The summed E-state index contributed by atoms with van der Waals surface area (Å²) < 4.78 is 4.81. The van der Waals surface area contributed by atoms with Gasteiger partial charge in [-0.3, -0.25) is 4.79 Å². The van der Waals surface area contributed by atoms with Crippen molar-refractivity contribution >= 4 is 5.97 Å². The van der Waals surface area contributed by atoms with Gasteiger partial charge in [0.25, 0.3) is 0 Å². The van der Waals surface area contributed by atoms with E-state index in [0.29, 0.717) is 13.0 Å². The molecule has 0 spiro atoms. The van der Waals surface area contributed by atoms with Gasteiger partial charge in [-0.15, -0.1) is 0 Å². The molecule has 0 aliphatic rings. The first kappa shape index (κ1) is 24.4. The molecule has 3 heteroatoms. The second kappa shape index (κ2) is 16.0. The lowest BCUT2D eigenvalue weighted by Gasteiger charge is -2.17. The van der Waals surface area contributed by atoms with Crippen LogP contribution in [0.4, 0.5) is 0 Å². The van der Waals surface area contributed by atoms with Crippen molar-refractivity contribution in [2.75, 3.05) is 6.61 Å². The number of ether oxygens (including phenoxy) is 1. The molecule has 0 aliphatic carbocycles. The number of esters is 1. The minimum absolute atomic E-state index is 0.106. The smallest absolute Gasteiger partial charge is 0.306 e. The molecule has 1 atom stereocenters. The largest absolute Gasteiger partial charge is 0.461 e. The highest BCUT2D eigenvalue weighted by atomic mass is 16.5. The number of hydrogen-bond acceptors (Lipinski definition) is 3. The monoisotopic (exact) mass is 328 g/mol. The van der Waals surface area contributed by atoms with Crippen LogP contribution in [0.5, 0.6) is 0 Å². The van der Waals surface area contributed by atoms with Gasteiger partial charge in [-0.05, 0) is 32.6 Å². The van der Waals surface area contributed by atoms with Gasteiger partial charge >= 0.3 is 5.97 Å². The topological polar surface area (TPSA) is 46.5 Å². The summed E-state index contributed by atoms with van der Waals surface area (Å²) in [7, 11) is 0. The van der Waals surface area contributed by atoms with Crippen LogP contribution in [0.25, 0.3) is 0 Å². The fourth-order valence-corrected chi connectivity index (χ4v) is 2.01. The van der Waals surface area contributed by atoms with Crippen LogP contribution in [0.15, 0.2) is 12.7 Å². The zero-order valence-electron chi connectivity index (χ0n) is 16.2. The van der Waals surface area contributed by atoms with E-state index in [1.54, 1.807) is 6.08 Å². The highest BCUT2D eigenvalue weighted by molar-refractivity contribution is 5.69. The van der Waals surface area contributed by atoms with Crippen molar-refractivity contribution in [1.29, 1.82) is 0 Å². The van der Waals surface area contributed by atoms with E-state index in [1.807, 2.05) is 13.8 Å². The van der Waals surface area contributed by atoms with Crippen LogP contribution in [0.1, 0.15) is 92.4 Å². The van der Waals surface area contributed by atoms with Gasteiger partial charge in [0.15, 0.2) is 0 Å². The third-order valence-electron chi connectivity index (χ3n) is 3.78. The van der Waals surface area contributed by atoms with Crippen molar-refractivity contribution in [1.82, 2.24) is 0 Å². The van der Waals surface area contributed by atoms with Crippen molar-refractivity contribution in [2.24, 2.45) is 5.92 Å². The van der Waals surface area contributed by atoms with E-state index in [1.165, 1.54) is 25.7 Å². The molecule has 0 fully saturated rings. The van der Waals surface area contributed by atoms with Gasteiger partial charge in [-0.1, -0.05) is 72.0 Å². The first-order valence-corrected chi connectivity index (χ1v) is 9.25. The lowest BCUT2D eigenvalue weighted by atomic mass is 9.96. The van der Waals surface area contributed by atoms with Gasteiger partial charge in [-0.25, -0.2) is 0 Å². The van der Waals surface area contributed by atoms with E-state index in [2.05, 4.69) is 27.4 Å². The molecule has 3 nitrogen and oxygen atoms in total. The van der Waals surface area contributed by atoms with E-state index in [-0.39, 0.29) is 5.97 Å². The Morgan fingerprint density at radius 1 is 1.22 bits per heavy atom. The Morgan fingerprint density at radius 2 is 1.87 bits per heavy atom. The van der Waals surface area contributed by atoms with Crippen molar-refractivity contribution in [3.63, 3.8) is 0 Å². The van der Waals surface area contributed by atoms with E-state index >= 15 is 0 Å². The average Bonchev–Trinajstić information content (AvgIpc) is 2.48. The van der Waals surface area contributed by atoms with Crippen LogP contribution in [-0.4, -0.2) is 23.3 Å². The molecule has 1 unspecified atom stereocenters. The van der Waals surface area contributed by atoms with Crippen molar-refractivity contribution in [2.45, 2.75) is 98.0 Å². The van der Waals surface area contributed by atoms with E-state index < -0.39 is 5.60 Å². The molecule has 0 aliphatic heterocycles. The van der Waals surface area contributed by atoms with E-state index in [0.717, 1.165) is 31.6 Å². The molecule has 0 saturated heterocycles. The lowest BCUT2D eigenvalue weighted by Crippen LogP contribution is -2.18. The number of aliphatic hydroxyl groups is 1. The molecule has 0 rings (SSSR count). The molecule has 0 aromatic heterocycles. The number of hydrogen-bond donors (Lipinski definition) is 1. The Morgan fingerprint density at radius 3 is 2.35 bits per heavy atom. The number of unbranched alkanes of at least 4 members (excludes halogenated alkanes) is 3. The summed E-state index contributed by atoms with van der Waals surface area (Å²) in [6.45, 7) is 14.2. The highest BCUT2D eigenvalue weighted by Crippen LogP contribution is 2.16. The third kappa shape index (κ3) is 23.6. The first-order chi connectivity index (χ1) is 10.8. The zero-order valence-corrected chi connectivity index (χ0v) is 16.2. The molecule has 138 valence electrons. The van der Waals surface area contributed by atoms with Gasteiger partial charge in [0, 0.05) is 6.42 Å². The molecule has 0 amide bonds. The van der Waals surface area contributed by atoms with Gasteiger partial charge < -0.3 is 9.84 Å². The summed E-state index contributed by atoms with van der Waals surface area (Å²) in [5.41, 5.74) is -0.465. The quantitative estimate of drug-likeness (QED) is 0.286. The van der Waals surface area contributed by atoms with Crippen LogP contribution in [0.3, 0.4) is 0 Å². The molecule has 0 heterocycles. The average molecular weight is 329 g/mol. The molecule has 0 bridgehead atoms. The number of rotatable bonds is 12. The van der Waals surface area contributed by atoms with Crippen LogP contribution >= 0.6 is 0 Å². The molecular weight excluding hydrogens is 288 g/mol. The molecule has 0 radical (unpaired) electrons. The van der Waals surface area contributed by atoms with Crippen molar-refractivity contribution < 1.29 is 14.6 Å². The molecular formula is C20H40O3. The molecule has 0 aromatic carbocycles. The number of carbonyl (C=O) groups is 1. The Balaban J connectivity index is 0. The normalized spacial score (nSPS) is 12.1. The van der Waals surface area contributed by atoms with E-state index in [9.17, 15) is 9.90 Å². The Bertz CT molecular complexity index is 279. The second-order valence-electron chi connectivity index (χ2n) is 7.00. The summed E-state index contributed by atoms with van der Waals surface area (Å²) in [6, 6.07) is 0. The Labute approximate surface area is 144 Å². The summed E-state index contributed by atoms with van der Waals surface area (Å²) in [4.78, 5) is 10.9. The summed E-state index contributed by atoms with van der Waals surface area (Å²) in [5.74, 6) is 0.711. The molecule has 0 saturated carbocycles. The third-order valence-corrected chi connectivity index (χ3v) is 3.78.